The minimum atomic E-state index is -0.389. The Morgan fingerprint density at radius 2 is 1.91 bits per heavy atom. The molecule has 0 spiro atoms. The minimum absolute atomic E-state index is 0.389. The molecule has 0 bridgehead atoms. The molecule has 0 saturated heterocycles. The Bertz CT molecular complexity index is 893. The normalized spacial score (nSPS) is 10.6. The molecule has 2 aromatic carbocycles. The van der Waals surface area contributed by atoms with Crippen LogP contribution in [0.3, 0.4) is 0 Å². The van der Waals surface area contributed by atoms with Crippen LogP contribution in [0, 0.1) is 6.92 Å². The number of hydrogen-bond donors (Lipinski definition) is 1. The van der Waals surface area contributed by atoms with Crippen molar-refractivity contribution < 1.29 is 9.53 Å². The van der Waals surface area contributed by atoms with E-state index in [1.54, 1.807) is 6.20 Å². The Kier molecular flexibility index (Phi) is 4.30. The van der Waals surface area contributed by atoms with E-state index in [0.29, 0.717) is 11.4 Å². The number of rotatable bonds is 3. The van der Waals surface area contributed by atoms with Crippen molar-refractivity contribution in [2.45, 2.75) is 6.92 Å². The summed E-state index contributed by atoms with van der Waals surface area (Å²) >= 11 is 3.46. The molecule has 0 unspecified atom stereocenters. The van der Waals surface area contributed by atoms with Crippen molar-refractivity contribution in [3.8, 4) is 0 Å². The van der Waals surface area contributed by atoms with Gasteiger partial charge in [0.05, 0.1) is 12.7 Å². The number of anilines is 2. The zero-order chi connectivity index (χ0) is 16.4. The van der Waals surface area contributed by atoms with Crippen molar-refractivity contribution >= 4 is 44.2 Å². The molecule has 0 fully saturated rings. The maximum Gasteiger partial charge on any atom is 0.340 e. The Hall–Kier alpha value is -2.40. The van der Waals surface area contributed by atoms with Crippen molar-refractivity contribution in [2.24, 2.45) is 0 Å². The monoisotopic (exact) mass is 370 g/mol. The van der Waals surface area contributed by atoms with Gasteiger partial charge >= 0.3 is 5.97 Å². The number of carbonyl (C=O) groups is 1. The first-order valence-electron chi connectivity index (χ1n) is 7.09. The lowest BCUT2D eigenvalue weighted by Gasteiger charge is -2.13. The van der Waals surface area contributed by atoms with E-state index in [-0.39, 0.29) is 5.97 Å². The second-order valence-corrected chi connectivity index (χ2v) is 6.06. The number of fused-ring (bicyclic) bond motifs is 1. The first-order valence-corrected chi connectivity index (χ1v) is 7.88. The highest BCUT2D eigenvalue weighted by atomic mass is 79.9. The molecule has 0 aliphatic heterocycles. The standard InChI is InChI=1S/C18H15BrN2O2/c1-11-9-12(19)7-8-16(11)21-17-14-6-4-3-5-13(14)15(10-20-17)18(22)23-2/h3-10H,1-2H3,(H,20,21). The Morgan fingerprint density at radius 1 is 1.17 bits per heavy atom. The molecule has 116 valence electrons. The van der Waals surface area contributed by atoms with Gasteiger partial charge in [0, 0.05) is 27.1 Å². The van der Waals surface area contributed by atoms with Gasteiger partial charge in [-0.2, -0.15) is 0 Å². The summed E-state index contributed by atoms with van der Waals surface area (Å²) in [5, 5.41) is 5.03. The topological polar surface area (TPSA) is 51.2 Å². The van der Waals surface area contributed by atoms with Gasteiger partial charge in [0.2, 0.25) is 0 Å². The first-order chi connectivity index (χ1) is 11.1. The summed E-state index contributed by atoms with van der Waals surface area (Å²) < 4.78 is 5.86. The molecule has 0 radical (unpaired) electrons. The average Bonchev–Trinajstić information content (AvgIpc) is 2.57. The third kappa shape index (κ3) is 3.05. The average molecular weight is 371 g/mol. The molecule has 0 aliphatic rings. The molecule has 23 heavy (non-hydrogen) atoms. The van der Waals surface area contributed by atoms with Gasteiger partial charge in [-0.3, -0.25) is 0 Å². The number of nitrogens with zero attached hydrogens (tertiary/aromatic N) is 1. The summed E-state index contributed by atoms with van der Waals surface area (Å²) in [7, 11) is 1.37. The van der Waals surface area contributed by atoms with Gasteiger partial charge in [0.15, 0.2) is 0 Å². The number of aromatic nitrogens is 1. The molecule has 3 rings (SSSR count). The van der Waals surface area contributed by atoms with E-state index in [4.69, 9.17) is 4.74 Å². The van der Waals surface area contributed by atoms with E-state index in [0.717, 1.165) is 26.5 Å². The molecule has 0 amide bonds. The Morgan fingerprint density at radius 3 is 2.61 bits per heavy atom. The Labute approximate surface area is 142 Å². The van der Waals surface area contributed by atoms with Gasteiger partial charge in [0.25, 0.3) is 0 Å². The number of aryl methyl sites for hydroxylation is 1. The molecule has 0 aliphatic carbocycles. The fourth-order valence-electron chi connectivity index (χ4n) is 2.46. The third-order valence-electron chi connectivity index (χ3n) is 3.64. The lowest BCUT2D eigenvalue weighted by Crippen LogP contribution is -2.05. The summed E-state index contributed by atoms with van der Waals surface area (Å²) in [5.74, 6) is 0.318. The molecule has 1 N–H and O–H groups in total. The van der Waals surface area contributed by atoms with Crippen LogP contribution in [0.1, 0.15) is 15.9 Å². The molecule has 1 heterocycles. The minimum Gasteiger partial charge on any atom is -0.465 e. The van der Waals surface area contributed by atoms with Crippen molar-refractivity contribution in [2.75, 3.05) is 12.4 Å². The van der Waals surface area contributed by atoms with E-state index in [1.165, 1.54) is 7.11 Å². The van der Waals surface area contributed by atoms with Crippen LogP contribution in [0.5, 0.6) is 0 Å². The predicted molar refractivity (Wildman–Crippen MR) is 95.2 cm³/mol. The number of methoxy groups -OCH3 is 1. The molecule has 0 atom stereocenters. The second-order valence-electron chi connectivity index (χ2n) is 5.14. The van der Waals surface area contributed by atoms with Gasteiger partial charge in [0.1, 0.15) is 5.82 Å². The molecule has 5 heteroatoms. The zero-order valence-electron chi connectivity index (χ0n) is 12.8. The number of carbonyl (C=O) groups excluding carboxylic acids is 1. The number of pyridine rings is 1. The molecule has 4 nitrogen and oxygen atoms in total. The zero-order valence-corrected chi connectivity index (χ0v) is 14.3. The van der Waals surface area contributed by atoms with Crippen molar-refractivity contribution in [1.29, 1.82) is 0 Å². The van der Waals surface area contributed by atoms with E-state index in [1.807, 2.05) is 49.4 Å². The highest BCUT2D eigenvalue weighted by molar-refractivity contribution is 9.10. The van der Waals surface area contributed by atoms with Crippen molar-refractivity contribution in [3.63, 3.8) is 0 Å². The molecule has 1 aromatic heterocycles. The van der Waals surface area contributed by atoms with Gasteiger partial charge < -0.3 is 10.1 Å². The lowest BCUT2D eigenvalue weighted by molar-refractivity contribution is 0.0602. The lowest BCUT2D eigenvalue weighted by atomic mass is 10.1. The second kappa shape index (κ2) is 6.38. The number of hydrogen-bond acceptors (Lipinski definition) is 4. The fourth-order valence-corrected chi connectivity index (χ4v) is 2.94. The molecular weight excluding hydrogens is 356 g/mol. The fraction of sp³-hybridized carbons (Fsp3) is 0.111. The quantitative estimate of drug-likeness (QED) is 0.670. The van der Waals surface area contributed by atoms with E-state index in [9.17, 15) is 4.79 Å². The summed E-state index contributed by atoms with van der Waals surface area (Å²) in [5.41, 5.74) is 2.53. The number of halogens is 1. The summed E-state index contributed by atoms with van der Waals surface area (Å²) in [4.78, 5) is 16.3. The highest BCUT2D eigenvalue weighted by Crippen LogP contribution is 2.29. The smallest absolute Gasteiger partial charge is 0.340 e. The van der Waals surface area contributed by atoms with E-state index >= 15 is 0 Å². The van der Waals surface area contributed by atoms with Crippen LogP contribution in [-0.2, 0) is 4.74 Å². The van der Waals surface area contributed by atoms with E-state index < -0.39 is 0 Å². The summed E-state index contributed by atoms with van der Waals surface area (Å²) in [6, 6.07) is 13.6. The van der Waals surface area contributed by atoms with Gasteiger partial charge in [-0.05, 0) is 30.7 Å². The van der Waals surface area contributed by atoms with Crippen molar-refractivity contribution in [1.82, 2.24) is 4.98 Å². The number of ether oxygens (including phenoxy) is 1. The number of esters is 1. The molecular formula is C18H15BrN2O2. The van der Waals surface area contributed by atoms with Crippen LogP contribution in [0.15, 0.2) is 53.1 Å². The van der Waals surface area contributed by atoms with Crippen LogP contribution in [0.4, 0.5) is 11.5 Å². The molecule has 3 aromatic rings. The van der Waals surface area contributed by atoms with Crippen LogP contribution in [-0.4, -0.2) is 18.1 Å². The van der Waals surface area contributed by atoms with Gasteiger partial charge in [-0.25, -0.2) is 9.78 Å². The molecule has 0 saturated carbocycles. The van der Waals surface area contributed by atoms with Crippen LogP contribution >= 0.6 is 15.9 Å². The van der Waals surface area contributed by atoms with Gasteiger partial charge in [-0.1, -0.05) is 40.2 Å². The summed E-state index contributed by atoms with van der Waals surface area (Å²) in [6.07, 6.45) is 1.55. The number of benzene rings is 2. The SMILES string of the molecule is COC(=O)c1cnc(Nc2ccc(Br)cc2C)c2ccccc12. The van der Waals surface area contributed by atoms with Crippen molar-refractivity contribution in [3.05, 3.63) is 64.3 Å². The predicted octanol–water partition coefficient (Wildman–Crippen LogP) is 4.84. The number of nitrogens with one attached hydrogen (secondary N) is 1. The largest absolute Gasteiger partial charge is 0.465 e. The van der Waals surface area contributed by atoms with Crippen LogP contribution in [0.2, 0.25) is 0 Å². The Balaban J connectivity index is 2.10. The van der Waals surface area contributed by atoms with Gasteiger partial charge in [-0.15, -0.1) is 0 Å². The first kappa shape index (κ1) is 15.5. The highest BCUT2D eigenvalue weighted by Gasteiger charge is 2.14. The van der Waals surface area contributed by atoms with Crippen LogP contribution < -0.4 is 5.32 Å². The van der Waals surface area contributed by atoms with Crippen LogP contribution in [0.25, 0.3) is 10.8 Å². The maximum absolute atomic E-state index is 11.9. The summed E-state index contributed by atoms with van der Waals surface area (Å²) in [6.45, 7) is 2.03. The third-order valence-corrected chi connectivity index (χ3v) is 4.14. The maximum atomic E-state index is 11.9. The van der Waals surface area contributed by atoms with E-state index in [2.05, 4.69) is 26.2 Å².